The summed E-state index contributed by atoms with van der Waals surface area (Å²) in [5, 5.41) is 4.12. The highest BCUT2D eigenvalue weighted by molar-refractivity contribution is 5.83. The van der Waals surface area contributed by atoms with Crippen molar-refractivity contribution in [3.05, 3.63) is 12.4 Å². The number of carbonyl (C=O) groups is 1. The first-order chi connectivity index (χ1) is 7.51. The fourth-order valence-electron chi connectivity index (χ4n) is 2.05. The lowest BCUT2D eigenvalue weighted by Gasteiger charge is -2.29. The zero-order valence-corrected chi connectivity index (χ0v) is 9.81. The van der Waals surface area contributed by atoms with E-state index in [2.05, 4.69) is 5.10 Å². The van der Waals surface area contributed by atoms with Gasteiger partial charge in [0.25, 0.3) is 0 Å². The lowest BCUT2D eigenvalue weighted by atomic mass is 10.0. The normalized spacial score (nSPS) is 16.8. The monoisotopic (exact) mass is 222 g/mol. The first-order valence-corrected chi connectivity index (χ1v) is 5.62. The number of hydrogen-bond donors (Lipinski definition) is 1. The molecule has 2 N–H and O–H groups in total. The molecular formula is C11H18N4O. The van der Waals surface area contributed by atoms with Gasteiger partial charge in [-0.15, -0.1) is 0 Å². The number of aromatic nitrogens is 2. The summed E-state index contributed by atoms with van der Waals surface area (Å²) < 4.78 is 1.64. The third-order valence-electron chi connectivity index (χ3n) is 3.09. The average molecular weight is 222 g/mol. The first-order valence-electron chi connectivity index (χ1n) is 5.62. The number of rotatable bonds is 2. The zero-order chi connectivity index (χ0) is 11.8. The molecule has 1 aliphatic rings. The molecule has 1 amide bonds. The van der Waals surface area contributed by atoms with Crippen molar-refractivity contribution >= 4 is 11.6 Å². The Kier molecular flexibility index (Phi) is 2.61. The Balaban J connectivity index is 2.20. The highest BCUT2D eigenvalue weighted by Gasteiger charge is 2.35. The SMILES string of the molecule is CC(C)(C(=O)N1CCCC1)n1cc(N)cn1. The molecule has 0 atom stereocenters. The predicted octanol–water partition coefficient (Wildman–Crippen LogP) is 0.823. The Hall–Kier alpha value is -1.52. The second kappa shape index (κ2) is 3.81. The summed E-state index contributed by atoms with van der Waals surface area (Å²) in [5.41, 5.74) is 5.56. The number of likely N-dealkylation sites (tertiary alicyclic amines) is 1. The summed E-state index contributed by atoms with van der Waals surface area (Å²) in [6.07, 6.45) is 5.47. The number of nitrogens with zero attached hydrogens (tertiary/aromatic N) is 3. The van der Waals surface area contributed by atoms with E-state index in [1.165, 1.54) is 0 Å². The van der Waals surface area contributed by atoms with E-state index >= 15 is 0 Å². The molecule has 1 aromatic heterocycles. The highest BCUT2D eigenvalue weighted by atomic mass is 16.2. The van der Waals surface area contributed by atoms with Gasteiger partial charge in [0.1, 0.15) is 5.54 Å². The maximum atomic E-state index is 12.3. The average Bonchev–Trinajstić information content (AvgIpc) is 2.86. The number of nitrogen functional groups attached to an aromatic ring is 1. The van der Waals surface area contributed by atoms with E-state index in [4.69, 9.17) is 5.73 Å². The van der Waals surface area contributed by atoms with Gasteiger partial charge in [0, 0.05) is 19.3 Å². The van der Waals surface area contributed by atoms with Gasteiger partial charge in [0.05, 0.1) is 11.9 Å². The molecule has 0 aromatic carbocycles. The van der Waals surface area contributed by atoms with Gasteiger partial charge in [-0.3, -0.25) is 9.48 Å². The van der Waals surface area contributed by atoms with Gasteiger partial charge in [-0.05, 0) is 26.7 Å². The molecule has 0 spiro atoms. The second-order valence-corrected chi connectivity index (χ2v) is 4.78. The summed E-state index contributed by atoms with van der Waals surface area (Å²) in [6, 6.07) is 0. The van der Waals surface area contributed by atoms with E-state index in [-0.39, 0.29) is 5.91 Å². The van der Waals surface area contributed by atoms with Crippen LogP contribution in [-0.2, 0) is 10.3 Å². The Labute approximate surface area is 95.2 Å². The minimum atomic E-state index is -0.651. The largest absolute Gasteiger partial charge is 0.396 e. The second-order valence-electron chi connectivity index (χ2n) is 4.78. The summed E-state index contributed by atoms with van der Waals surface area (Å²) in [5.74, 6) is 0.119. The van der Waals surface area contributed by atoms with Crippen LogP contribution in [-0.4, -0.2) is 33.7 Å². The molecule has 1 saturated heterocycles. The minimum Gasteiger partial charge on any atom is -0.396 e. The molecular weight excluding hydrogens is 204 g/mol. The molecule has 0 bridgehead atoms. The number of carbonyl (C=O) groups excluding carboxylic acids is 1. The number of nitrogens with two attached hydrogens (primary N) is 1. The van der Waals surface area contributed by atoms with Gasteiger partial charge >= 0.3 is 0 Å². The zero-order valence-electron chi connectivity index (χ0n) is 9.81. The Morgan fingerprint density at radius 3 is 2.56 bits per heavy atom. The van der Waals surface area contributed by atoms with E-state index in [1.807, 2.05) is 18.7 Å². The van der Waals surface area contributed by atoms with E-state index in [9.17, 15) is 4.79 Å². The van der Waals surface area contributed by atoms with Gasteiger partial charge in [0.2, 0.25) is 5.91 Å². The topological polar surface area (TPSA) is 64.2 Å². The van der Waals surface area contributed by atoms with Crippen LogP contribution in [0.15, 0.2) is 12.4 Å². The van der Waals surface area contributed by atoms with Crippen molar-refractivity contribution in [3.63, 3.8) is 0 Å². The van der Waals surface area contributed by atoms with Crippen LogP contribution in [0.4, 0.5) is 5.69 Å². The number of anilines is 1. The van der Waals surface area contributed by atoms with Crippen molar-refractivity contribution in [2.45, 2.75) is 32.2 Å². The van der Waals surface area contributed by atoms with Crippen LogP contribution >= 0.6 is 0 Å². The van der Waals surface area contributed by atoms with Crippen LogP contribution < -0.4 is 5.73 Å². The molecule has 1 aliphatic heterocycles. The van der Waals surface area contributed by atoms with Crippen LogP contribution in [0.2, 0.25) is 0 Å². The molecule has 1 fully saturated rings. The quantitative estimate of drug-likeness (QED) is 0.805. The van der Waals surface area contributed by atoms with Crippen LogP contribution in [0, 0.1) is 0 Å². The van der Waals surface area contributed by atoms with Gasteiger partial charge in [0.15, 0.2) is 0 Å². The predicted molar refractivity (Wildman–Crippen MR) is 61.8 cm³/mol. The standard InChI is InChI=1S/C11H18N4O/c1-11(2,15-8-9(12)7-13-15)10(16)14-5-3-4-6-14/h7-8H,3-6,12H2,1-2H3. The molecule has 0 aliphatic carbocycles. The Morgan fingerprint density at radius 2 is 2.06 bits per heavy atom. The summed E-state index contributed by atoms with van der Waals surface area (Å²) in [7, 11) is 0. The van der Waals surface area contributed by atoms with Crippen LogP contribution in [0.1, 0.15) is 26.7 Å². The van der Waals surface area contributed by atoms with Crippen molar-refractivity contribution in [2.24, 2.45) is 0 Å². The van der Waals surface area contributed by atoms with E-state index in [1.54, 1.807) is 17.1 Å². The van der Waals surface area contributed by atoms with Gasteiger partial charge < -0.3 is 10.6 Å². The van der Waals surface area contributed by atoms with Crippen molar-refractivity contribution in [2.75, 3.05) is 18.8 Å². The molecule has 2 rings (SSSR count). The third-order valence-corrected chi connectivity index (χ3v) is 3.09. The number of amides is 1. The van der Waals surface area contributed by atoms with E-state index in [0.717, 1.165) is 25.9 Å². The molecule has 0 radical (unpaired) electrons. The molecule has 16 heavy (non-hydrogen) atoms. The molecule has 0 unspecified atom stereocenters. The van der Waals surface area contributed by atoms with Crippen molar-refractivity contribution < 1.29 is 4.79 Å². The molecule has 88 valence electrons. The van der Waals surface area contributed by atoms with Crippen LogP contribution in [0.3, 0.4) is 0 Å². The Bertz CT molecular complexity index is 390. The lowest BCUT2D eigenvalue weighted by Crippen LogP contribution is -2.46. The lowest BCUT2D eigenvalue weighted by molar-refractivity contribution is -0.138. The summed E-state index contributed by atoms with van der Waals surface area (Å²) in [4.78, 5) is 14.2. The van der Waals surface area contributed by atoms with Gasteiger partial charge in [-0.1, -0.05) is 0 Å². The van der Waals surface area contributed by atoms with Crippen molar-refractivity contribution in [3.8, 4) is 0 Å². The molecule has 5 nitrogen and oxygen atoms in total. The van der Waals surface area contributed by atoms with Gasteiger partial charge in [-0.2, -0.15) is 5.10 Å². The smallest absolute Gasteiger partial charge is 0.249 e. The van der Waals surface area contributed by atoms with Crippen LogP contribution in [0.25, 0.3) is 0 Å². The molecule has 2 heterocycles. The fraction of sp³-hybridized carbons (Fsp3) is 0.636. The maximum Gasteiger partial charge on any atom is 0.249 e. The van der Waals surface area contributed by atoms with Crippen molar-refractivity contribution in [1.29, 1.82) is 0 Å². The molecule has 0 saturated carbocycles. The van der Waals surface area contributed by atoms with Gasteiger partial charge in [-0.25, -0.2) is 0 Å². The number of hydrogen-bond acceptors (Lipinski definition) is 3. The highest BCUT2D eigenvalue weighted by Crippen LogP contribution is 2.21. The van der Waals surface area contributed by atoms with E-state index < -0.39 is 5.54 Å². The van der Waals surface area contributed by atoms with Crippen LogP contribution in [0.5, 0.6) is 0 Å². The summed E-state index contributed by atoms with van der Waals surface area (Å²) in [6.45, 7) is 5.47. The molecule has 1 aromatic rings. The van der Waals surface area contributed by atoms with Crippen molar-refractivity contribution in [1.82, 2.24) is 14.7 Å². The fourth-order valence-corrected chi connectivity index (χ4v) is 2.05. The Morgan fingerprint density at radius 1 is 1.44 bits per heavy atom. The third kappa shape index (κ3) is 1.77. The first kappa shape index (κ1) is 11.0. The summed E-state index contributed by atoms with van der Waals surface area (Å²) >= 11 is 0. The van der Waals surface area contributed by atoms with E-state index in [0.29, 0.717) is 5.69 Å². The molecule has 5 heteroatoms. The minimum absolute atomic E-state index is 0.119. The maximum absolute atomic E-state index is 12.3.